The normalized spacial score (nSPS) is 10.9. The van der Waals surface area contributed by atoms with Crippen molar-refractivity contribution in [3.05, 3.63) is 34.4 Å². The Bertz CT molecular complexity index is 796. The highest BCUT2D eigenvalue weighted by atomic mass is 79.9. The fourth-order valence-electron chi connectivity index (χ4n) is 1.77. The van der Waals surface area contributed by atoms with Crippen molar-refractivity contribution in [2.24, 2.45) is 5.84 Å². The summed E-state index contributed by atoms with van der Waals surface area (Å²) < 4.78 is 28.0. The maximum Gasteiger partial charge on any atom is 0.241 e. The molecule has 21 heavy (non-hydrogen) atoms. The zero-order valence-electron chi connectivity index (χ0n) is 10.3. The molecule has 0 aliphatic rings. The standard InChI is InChI=1S/C11H8BrF2N7/c12-4-1-6(13)8(7(14)2-4)17-9-5-3-16-21-10(5)19-11(18-9)20-15/h1-3H,15H2,(H3,16,17,18,19,20,21). The lowest BCUT2D eigenvalue weighted by Gasteiger charge is -2.10. The number of fused-ring (bicyclic) bond motifs is 1. The molecular formula is C11H8BrF2N7. The van der Waals surface area contributed by atoms with Crippen molar-refractivity contribution in [2.45, 2.75) is 0 Å². The molecule has 1 aromatic carbocycles. The number of hydrogen-bond acceptors (Lipinski definition) is 6. The Labute approximate surface area is 125 Å². The predicted octanol–water partition coefficient (Wildman–Crippen LogP) is 2.42. The number of benzene rings is 1. The van der Waals surface area contributed by atoms with Crippen molar-refractivity contribution >= 4 is 44.4 Å². The second-order valence-electron chi connectivity index (χ2n) is 4.04. The molecular weight excluding hydrogens is 348 g/mol. The number of nitrogens with two attached hydrogens (primary N) is 1. The van der Waals surface area contributed by atoms with E-state index in [2.05, 4.69) is 46.8 Å². The highest BCUT2D eigenvalue weighted by molar-refractivity contribution is 9.10. The Kier molecular flexibility index (Phi) is 3.39. The van der Waals surface area contributed by atoms with E-state index in [4.69, 9.17) is 5.84 Å². The van der Waals surface area contributed by atoms with E-state index in [0.29, 0.717) is 15.5 Å². The minimum atomic E-state index is -0.764. The summed E-state index contributed by atoms with van der Waals surface area (Å²) in [7, 11) is 0. The van der Waals surface area contributed by atoms with Gasteiger partial charge in [-0.25, -0.2) is 14.6 Å². The number of nitrogen functional groups attached to an aromatic ring is 1. The minimum Gasteiger partial charge on any atom is -0.335 e. The van der Waals surface area contributed by atoms with Gasteiger partial charge in [0.1, 0.15) is 11.5 Å². The van der Waals surface area contributed by atoms with Crippen LogP contribution in [0.5, 0.6) is 0 Å². The molecule has 2 heterocycles. The molecule has 0 saturated carbocycles. The van der Waals surface area contributed by atoms with Gasteiger partial charge in [0.15, 0.2) is 17.3 Å². The van der Waals surface area contributed by atoms with E-state index in [0.717, 1.165) is 12.1 Å². The molecule has 0 spiro atoms. The lowest BCUT2D eigenvalue weighted by molar-refractivity contribution is 0.589. The molecule has 0 atom stereocenters. The Morgan fingerprint density at radius 1 is 1.19 bits per heavy atom. The topological polar surface area (TPSA) is 105 Å². The van der Waals surface area contributed by atoms with E-state index in [1.807, 2.05) is 0 Å². The van der Waals surface area contributed by atoms with Gasteiger partial charge in [-0.2, -0.15) is 15.1 Å². The summed E-state index contributed by atoms with van der Waals surface area (Å²) in [5, 5.41) is 9.50. The van der Waals surface area contributed by atoms with Crippen molar-refractivity contribution in [2.75, 3.05) is 10.7 Å². The molecule has 7 nitrogen and oxygen atoms in total. The van der Waals surface area contributed by atoms with Gasteiger partial charge in [0.2, 0.25) is 5.95 Å². The fourth-order valence-corrected chi connectivity index (χ4v) is 2.18. The van der Waals surface area contributed by atoms with Gasteiger partial charge in [-0.1, -0.05) is 15.9 Å². The second-order valence-corrected chi connectivity index (χ2v) is 4.96. The predicted molar refractivity (Wildman–Crippen MR) is 76.8 cm³/mol. The third-order valence-corrected chi connectivity index (χ3v) is 3.15. The van der Waals surface area contributed by atoms with Gasteiger partial charge in [0, 0.05) is 4.47 Å². The van der Waals surface area contributed by atoms with Crippen LogP contribution in [0.4, 0.5) is 26.2 Å². The number of halogens is 3. The molecule has 5 N–H and O–H groups in total. The van der Waals surface area contributed by atoms with Crippen molar-refractivity contribution in [3.8, 4) is 0 Å². The molecule has 0 radical (unpaired) electrons. The fraction of sp³-hybridized carbons (Fsp3) is 0. The molecule has 108 valence electrons. The summed E-state index contributed by atoms with van der Waals surface area (Å²) in [5.41, 5.74) is 2.31. The van der Waals surface area contributed by atoms with Gasteiger partial charge in [-0.15, -0.1) is 0 Å². The van der Waals surface area contributed by atoms with E-state index < -0.39 is 11.6 Å². The number of anilines is 3. The third kappa shape index (κ3) is 2.50. The van der Waals surface area contributed by atoms with E-state index in [9.17, 15) is 8.78 Å². The van der Waals surface area contributed by atoms with Crippen molar-refractivity contribution in [1.29, 1.82) is 0 Å². The number of hydrogen-bond donors (Lipinski definition) is 4. The third-order valence-electron chi connectivity index (χ3n) is 2.69. The Balaban J connectivity index is 2.11. The Morgan fingerprint density at radius 3 is 2.57 bits per heavy atom. The number of nitrogens with one attached hydrogen (secondary N) is 3. The van der Waals surface area contributed by atoms with Crippen LogP contribution in [0, 0.1) is 11.6 Å². The summed E-state index contributed by atoms with van der Waals surface area (Å²) in [6, 6.07) is 2.28. The second kappa shape index (κ2) is 5.22. The van der Waals surface area contributed by atoms with Crippen LogP contribution in [0.2, 0.25) is 0 Å². The van der Waals surface area contributed by atoms with Crippen LogP contribution in [0.3, 0.4) is 0 Å². The molecule has 2 aromatic heterocycles. The maximum atomic E-state index is 13.9. The molecule has 0 unspecified atom stereocenters. The molecule has 3 aromatic rings. The van der Waals surface area contributed by atoms with Crippen LogP contribution in [0.1, 0.15) is 0 Å². The number of H-pyrrole nitrogens is 1. The maximum absolute atomic E-state index is 13.9. The van der Waals surface area contributed by atoms with E-state index in [1.54, 1.807) is 0 Å². The van der Waals surface area contributed by atoms with Gasteiger partial charge in [-0.3, -0.25) is 10.5 Å². The average Bonchev–Trinajstić information content (AvgIpc) is 2.90. The van der Waals surface area contributed by atoms with Crippen LogP contribution >= 0.6 is 15.9 Å². The molecule has 0 aliphatic carbocycles. The first kappa shape index (κ1) is 13.6. The summed E-state index contributed by atoms with van der Waals surface area (Å²) in [4.78, 5) is 8.04. The van der Waals surface area contributed by atoms with Gasteiger partial charge in [0.05, 0.1) is 11.6 Å². The first-order chi connectivity index (χ1) is 10.1. The lowest BCUT2D eigenvalue weighted by atomic mass is 10.2. The van der Waals surface area contributed by atoms with Crippen LogP contribution in [-0.4, -0.2) is 20.2 Å². The number of aromatic nitrogens is 4. The number of nitrogens with zero attached hydrogens (tertiary/aromatic N) is 3. The molecule has 0 saturated heterocycles. The molecule has 0 bridgehead atoms. The van der Waals surface area contributed by atoms with Gasteiger partial charge in [0.25, 0.3) is 0 Å². The lowest BCUT2D eigenvalue weighted by Crippen LogP contribution is -2.12. The number of hydrazine groups is 1. The molecule has 10 heteroatoms. The van der Waals surface area contributed by atoms with E-state index in [1.165, 1.54) is 6.20 Å². The van der Waals surface area contributed by atoms with Crippen molar-refractivity contribution in [3.63, 3.8) is 0 Å². The Hall–Kier alpha value is -2.33. The van der Waals surface area contributed by atoms with Crippen LogP contribution in [0.15, 0.2) is 22.8 Å². The first-order valence-electron chi connectivity index (χ1n) is 5.68. The number of rotatable bonds is 3. The Morgan fingerprint density at radius 2 is 1.90 bits per heavy atom. The smallest absolute Gasteiger partial charge is 0.241 e. The molecule has 0 aliphatic heterocycles. The van der Waals surface area contributed by atoms with Gasteiger partial charge >= 0.3 is 0 Å². The van der Waals surface area contributed by atoms with Crippen LogP contribution < -0.4 is 16.6 Å². The van der Waals surface area contributed by atoms with Crippen LogP contribution in [0.25, 0.3) is 11.0 Å². The zero-order valence-corrected chi connectivity index (χ0v) is 11.9. The minimum absolute atomic E-state index is 0.0761. The highest BCUT2D eigenvalue weighted by Crippen LogP contribution is 2.29. The molecule has 3 rings (SSSR count). The van der Waals surface area contributed by atoms with E-state index >= 15 is 0 Å². The largest absolute Gasteiger partial charge is 0.335 e. The van der Waals surface area contributed by atoms with E-state index in [-0.39, 0.29) is 17.5 Å². The quantitative estimate of drug-likeness (QED) is 0.424. The van der Waals surface area contributed by atoms with Gasteiger partial charge < -0.3 is 5.32 Å². The monoisotopic (exact) mass is 355 g/mol. The van der Waals surface area contributed by atoms with Crippen LogP contribution in [-0.2, 0) is 0 Å². The molecule has 0 fully saturated rings. The molecule has 0 amide bonds. The zero-order chi connectivity index (χ0) is 15.0. The first-order valence-corrected chi connectivity index (χ1v) is 6.47. The number of aromatic amines is 1. The summed E-state index contributed by atoms with van der Waals surface area (Å²) >= 11 is 3.01. The van der Waals surface area contributed by atoms with Gasteiger partial charge in [-0.05, 0) is 12.1 Å². The van der Waals surface area contributed by atoms with Crippen molar-refractivity contribution < 1.29 is 8.78 Å². The summed E-state index contributed by atoms with van der Waals surface area (Å²) in [6.45, 7) is 0. The summed E-state index contributed by atoms with van der Waals surface area (Å²) in [5.74, 6) is 3.98. The summed E-state index contributed by atoms with van der Waals surface area (Å²) in [6.07, 6.45) is 1.44. The highest BCUT2D eigenvalue weighted by Gasteiger charge is 2.15. The van der Waals surface area contributed by atoms with Crippen molar-refractivity contribution in [1.82, 2.24) is 20.2 Å². The SMILES string of the molecule is NNc1nc(Nc2c(F)cc(Br)cc2F)c2cn[nH]c2n1. The average molecular weight is 356 g/mol.